The highest BCUT2D eigenvalue weighted by molar-refractivity contribution is 5.05. The highest BCUT2D eigenvalue weighted by atomic mass is 16.5. The fourth-order valence-corrected chi connectivity index (χ4v) is 0.516. The third kappa shape index (κ3) is 0.813. The molecule has 0 aliphatic carbocycles. The lowest BCUT2D eigenvalue weighted by Gasteiger charge is -1.93. The van der Waals surface area contributed by atoms with Gasteiger partial charge in [0.1, 0.15) is 6.10 Å². The average molecular weight is 100 g/mol. The molecule has 1 fully saturated rings. The zero-order valence-electron chi connectivity index (χ0n) is 4.05. The summed E-state index contributed by atoms with van der Waals surface area (Å²) in [5.41, 5.74) is 0.792. The molecule has 0 saturated carbocycles. The minimum Gasteiger partial charge on any atom is -0.386 e. The predicted octanol–water partition coefficient (Wildman–Crippen LogP) is -0.0663. The van der Waals surface area contributed by atoms with Crippen LogP contribution in [0.5, 0.6) is 0 Å². The summed E-state index contributed by atoms with van der Waals surface area (Å²) >= 11 is 0. The number of hydrogen-bond donors (Lipinski definition) is 1. The first-order valence-electron chi connectivity index (χ1n) is 2.24. The number of hydrogen-bond acceptors (Lipinski definition) is 2. The summed E-state index contributed by atoms with van der Waals surface area (Å²) < 4.78 is 4.82. The van der Waals surface area contributed by atoms with Crippen LogP contribution >= 0.6 is 0 Å². The smallest absolute Gasteiger partial charge is 0.100 e. The summed E-state index contributed by atoms with van der Waals surface area (Å²) in [6.45, 7) is 4.52. The highest BCUT2D eigenvalue weighted by Gasteiger charge is 2.15. The summed E-state index contributed by atoms with van der Waals surface area (Å²) in [5.74, 6) is 0. The van der Waals surface area contributed by atoms with Crippen LogP contribution in [0.15, 0.2) is 12.2 Å². The van der Waals surface area contributed by atoms with E-state index in [0.29, 0.717) is 13.2 Å². The number of aliphatic hydroxyl groups excluding tert-OH is 1. The molecule has 0 bridgehead atoms. The maximum absolute atomic E-state index is 8.77. The summed E-state index contributed by atoms with van der Waals surface area (Å²) in [6.07, 6.45) is -0.403. The normalized spacial score (nSPS) is 31.6. The molecular weight excluding hydrogens is 92.1 g/mol. The maximum atomic E-state index is 8.77. The van der Waals surface area contributed by atoms with Crippen molar-refractivity contribution in [1.82, 2.24) is 0 Å². The van der Waals surface area contributed by atoms with Crippen LogP contribution in [-0.2, 0) is 4.74 Å². The van der Waals surface area contributed by atoms with E-state index in [-0.39, 0.29) is 0 Å². The molecule has 2 heteroatoms. The lowest BCUT2D eigenvalue weighted by atomic mass is 10.2. The van der Waals surface area contributed by atoms with Crippen molar-refractivity contribution in [3.8, 4) is 0 Å². The Morgan fingerprint density at radius 2 is 2.57 bits per heavy atom. The van der Waals surface area contributed by atoms with Gasteiger partial charge in [-0.3, -0.25) is 0 Å². The lowest BCUT2D eigenvalue weighted by molar-refractivity contribution is 0.130. The van der Waals surface area contributed by atoms with E-state index in [4.69, 9.17) is 9.84 Å². The Kier molecular flexibility index (Phi) is 1.13. The van der Waals surface area contributed by atoms with Crippen LogP contribution in [0.1, 0.15) is 0 Å². The number of rotatable bonds is 0. The van der Waals surface area contributed by atoms with E-state index in [1.807, 2.05) is 0 Å². The van der Waals surface area contributed by atoms with Crippen molar-refractivity contribution in [2.45, 2.75) is 6.10 Å². The van der Waals surface area contributed by atoms with Crippen LogP contribution in [0.3, 0.4) is 0 Å². The van der Waals surface area contributed by atoms with Gasteiger partial charge in [-0.05, 0) is 5.57 Å². The predicted molar refractivity (Wildman–Crippen MR) is 26.0 cm³/mol. The molecule has 1 atom stereocenters. The molecule has 1 rings (SSSR count). The van der Waals surface area contributed by atoms with Crippen molar-refractivity contribution in [2.75, 3.05) is 13.2 Å². The van der Waals surface area contributed by atoms with Gasteiger partial charge in [-0.25, -0.2) is 0 Å². The van der Waals surface area contributed by atoms with Crippen molar-refractivity contribution in [2.24, 2.45) is 0 Å². The maximum Gasteiger partial charge on any atom is 0.100 e. The molecule has 0 spiro atoms. The second kappa shape index (κ2) is 1.64. The molecule has 2 nitrogen and oxygen atoms in total. The van der Waals surface area contributed by atoms with Gasteiger partial charge in [0.05, 0.1) is 13.2 Å². The molecule has 0 aromatic rings. The standard InChI is InChI=1S/C5H8O2/c1-4-2-7-3-5(4)6/h5-6H,1-3H2/t5-/m1/s1. The summed E-state index contributed by atoms with van der Waals surface area (Å²) in [6, 6.07) is 0. The fourth-order valence-electron chi connectivity index (χ4n) is 0.516. The Balaban J connectivity index is 2.48. The van der Waals surface area contributed by atoms with E-state index in [1.54, 1.807) is 0 Å². The third-order valence-corrected chi connectivity index (χ3v) is 1.03. The van der Waals surface area contributed by atoms with E-state index in [9.17, 15) is 0 Å². The van der Waals surface area contributed by atoms with Crippen molar-refractivity contribution >= 4 is 0 Å². The number of ether oxygens (including phenoxy) is 1. The summed E-state index contributed by atoms with van der Waals surface area (Å²) in [5, 5.41) is 8.77. The Morgan fingerprint density at radius 1 is 1.86 bits per heavy atom. The second-order valence-corrected chi connectivity index (χ2v) is 1.69. The van der Waals surface area contributed by atoms with Crippen LogP contribution in [0.2, 0.25) is 0 Å². The molecule has 0 aromatic heterocycles. The zero-order chi connectivity index (χ0) is 5.28. The molecule has 0 unspecified atom stereocenters. The van der Waals surface area contributed by atoms with Crippen molar-refractivity contribution < 1.29 is 9.84 Å². The van der Waals surface area contributed by atoms with E-state index < -0.39 is 6.10 Å². The van der Waals surface area contributed by atoms with Gasteiger partial charge in [0.25, 0.3) is 0 Å². The van der Waals surface area contributed by atoms with Gasteiger partial charge in [0.15, 0.2) is 0 Å². The zero-order valence-corrected chi connectivity index (χ0v) is 4.05. The molecule has 1 aliphatic heterocycles. The van der Waals surface area contributed by atoms with Crippen molar-refractivity contribution in [3.05, 3.63) is 12.2 Å². The van der Waals surface area contributed by atoms with Gasteiger partial charge in [-0.15, -0.1) is 0 Å². The Bertz CT molecular complexity index is 88.1. The van der Waals surface area contributed by atoms with Gasteiger partial charge in [0, 0.05) is 0 Å². The minimum absolute atomic E-state index is 0.403. The summed E-state index contributed by atoms with van der Waals surface area (Å²) in [7, 11) is 0. The molecule has 1 aliphatic rings. The van der Waals surface area contributed by atoms with Gasteiger partial charge in [0.2, 0.25) is 0 Å². The largest absolute Gasteiger partial charge is 0.386 e. The lowest BCUT2D eigenvalue weighted by Crippen LogP contribution is -2.05. The topological polar surface area (TPSA) is 29.5 Å². The van der Waals surface area contributed by atoms with Gasteiger partial charge in [-0.1, -0.05) is 6.58 Å². The van der Waals surface area contributed by atoms with E-state index in [0.717, 1.165) is 5.57 Å². The minimum atomic E-state index is -0.403. The third-order valence-electron chi connectivity index (χ3n) is 1.03. The Labute approximate surface area is 42.4 Å². The van der Waals surface area contributed by atoms with Crippen LogP contribution in [-0.4, -0.2) is 24.4 Å². The van der Waals surface area contributed by atoms with Crippen LogP contribution in [0, 0.1) is 0 Å². The first-order chi connectivity index (χ1) is 3.30. The SMILES string of the molecule is C=C1COC[C@H]1O. The summed E-state index contributed by atoms with van der Waals surface area (Å²) in [4.78, 5) is 0. The van der Waals surface area contributed by atoms with Crippen LogP contribution in [0.4, 0.5) is 0 Å². The van der Waals surface area contributed by atoms with Crippen molar-refractivity contribution in [3.63, 3.8) is 0 Å². The fraction of sp³-hybridized carbons (Fsp3) is 0.600. The Morgan fingerprint density at radius 3 is 2.71 bits per heavy atom. The molecule has 0 radical (unpaired) electrons. The monoisotopic (exact) mass is 100 g/mol. The molecule has 1 heterocycles. The average Bonchev–Trinajstić information content (AvgIpc) is 1.91. The second-order valence-electron chi connectivity index (χ2n) is 1.69. The van der Waals surface area contributed by atoms with Crippen molar-refractivity contribution in [1.29, 1.82) is 0 Å². The van der Waals surface area contributed by atoms with Crippen LogP contribution in [0.25, 0.3) is 0 Å². The number of aliphatic hydroxyl groups is 1. The molecule has 1 saturated heterocycles. The van der Waals surface area contributed by atoms with E-state index >= 15 is 0 Å². The first-order valence-corrected chi connectivity index (χ1v) is 2.24. The molecule has 7 heavy (non-hydrogen) atoms. The molecule has 1 N–H and O–H groups in total. The van der Waals surface area contributed by atoms with Crippen LogP contribution < -0.4 is 0 Å². The van der Waals surface area contributed by atoms with Gasteiger partial charge >= 0.3 is 0 Å². The quantitative estimate of drug-likeness (QED) is 0.432. The molecule has 40 valence electrons. The molecule has 0 amide bonds. The molecular formula is C5H8O2. The van der Waals surface area contributed by atoms with E-state index in [1.165, 1.54) is 0 Å². The highest BCUT2D eigenvalue weighted by Crippen LogP contribution is 2.07. The Hall–Kier alpha value is -0.340. The van der Waals surface area contributed by atoms with E-state index in [2.05, 4.69) is 6.58 Å². The molecule has 0 aromatic carbocycles. The first kappa shape index (κ1) is 4.81. The van der Waals surface area contributed by atoms with Gasteiger partial charge < -0.3 is 9.84 Å². The van der Waals surface area contributed by atoms with Gasteiger partial charge in [-0.2, -0.15) is 0 Å².